The summed E-state index contributed by atoms with van der Waals surface area (Å²) in [4.78, 5) is 13.4. The molecule has 0 amide bonds. The van der Waals surface area contributed by atoms with Gasteiger partial charge < -0.3 is 9.64 Å². The molecule has 0 aromatic rings. The fourth-order valence-electron chi connectivity index (χ4n) is 1.34. The van der Waals surface area contributed by atoms with Gasteiger partial charge in [-0.3, -0.25) is 4.79 Å². The molecule has 1 saturated heterocycles. The number of carbonyl (C=O) groups excluding carboxylic acids is 1. The number of allylic oxidation sites excluding steroid dienone is 1. The fourth-order valence-corrected chi connectivity index (χ4v) is 1.34. The number of ether oxygens (including phenoxy) is 1. The Morgan fingerprint density at radius 1 is 1.38 bits per heavy atom. The first-order valence-electron chi connectivity index (χ1n) is 4.66. The Labute approximate surface area is 79.4 Å². The summed E-state index contributed by atoms with van der Waals surface area (Å²) in [6, 6.07) is 0. The maximum Gasteiger partial charge on any atom is 0.160 e. The SMILES string of the molecule is CN(C)C=CC(=O)C1CCOCC1. The zero-order chi connectivity index (χ0) is 9.68. The molecular weight excluding hydrogens is 166 g/mol. The second kappa shape index (κ2) is 5.02. The molecule has 0 aliphatic carbocycles. The summed E-state index contributed by atoms with van der Waals surface area (Å²) in [5.74, 6) is 0.418. The van der Waals surface area contributed by atoms with Crippen LogP contribution >= 0.6 is 0 Å². The molecule has 1 heterocycles. The zero-order valence-corrected chi connectivity index (χ0v) is 8.32. The van der Waals surface area contributed by atoms with Crippen molar-refractivity contribution in [1.82, 2.24) is 4.90 Å². The van der Waals surface area contributed by atoms with Gasteiger partial charge >= 0.3 is 0 Å². The van der Waals surface area contributed by atoms with Gasteiger partial charge in [-0.15, -0.1) is 0 Å². The van der Waals surface area contributed by atoms with E-state index in [2.05, 4.69) is 0 Å². The topological polar surface area (TPSA) is 29.5 Å². The molecule has 74 valence electrons. The molecule has 1 rings (SSSR count). The molecule has 1 aliphatic rings. The van der Waals surface area contributed by atoms with Gasteiger partial charge in [0.15, 0.2) is 5.78 Å². The average molecular weight is 183 g/mol. The number of hydrogen-bond acceptors (Lipinski definition) is 3. The highest BCUT2D eigenvalue weighted by molar-refractivity contribution is 5.91. The third kappa shape index (κ3) is 3.59. The van der Waals surface area contributed by atoms with Crippen molar-refractivity contribution in [2.75, 3.05) is 27.3 Å². The molecule has 0 atom stereocenters. The van der Waals surface area contributed by atoms with Gasteiger partial charge in [0.25, 0.3) is 0 Å². The lowest BCUT2D eigenvalue weighted by Gasteiger charge is -2.19. The predicted molar refractivity (Wildman–Crippen MR) is 51.4 cm³/mol. The summed E-state index contributed by atoms with van der Waals surface area (Å²) in [5, 5.41) is 0. The van der Waals surface area contributed by atoms with Gasteiger partial charge in [-0.2, -0.15) is 0 Å². The molecule has 0 N–H and O–H groups in total. The molecule has 1 aliphatic heterocycles. The van der Waals surface area contributed by atoms with E-state index in [1.165, 1.54) is 0 Å². The minimum absolute atomic E-state index is 0.185. The van der Waals surface area contributed by atoms with E-state index in [0.29, 0.717) is 0 Å². The standard InChI is InChI=1S/C10H17NO2/c1-11(2)6-3-10(12)9-4-7-13-8-5-9/h3,6,9H,4-5,7-8H2,1-2H3. The monoisotopic (exact) mass is 183 g/mol. The summed E-state index contributed by atoms with van der Waals surface area (Å²) < 4.78 is 5.19. The highest BCUT2D eigenvalue weighted by Crippen LogP contribution is 2.15. The van der Waals surface area contributed by atoms with Gasteiger partial charge in [0.2, 0.25) is 0 Å². The van der Waals surface area contributed by atoms with Gasteiger partial charge in [0.05, 0.1) is 0 Å². The summed E-state index contributed by atoms with van der Waals surface area (Å²) in [6.07, 6.45) is 5.21. The molecular formula is C10H17NO2. The third-order valence-corrected chi connectivity index (χ3v) is 2.16. The summed E-state index contributed by atoms with van der Waals surface area (Å²) in [7, 11) is 3.82. The molecule has 0 aromatic heterocycles. The normalized spacial score (nSPS) is 19.2. The van der Waals surface area contributed by atoms with Crippen molar-refractivity contribution < 1.29 is 9.53 Å². The van der Waals surface area contributed by atoms with Crippen molar-refractivity contribution >= 4 is 5.78 Å². The van der Waals surface area contributed by atoms with Crippen LogP contribution < -0.4 is 0 Å². The van der Waals surface area contributed by atoms with E-state index in [4.69, 9.17) is 4.74 Å². The lowest BCUT2D eigenvalue weighted by Crippen LogP contribution is -2.22. The maximum atomic E-state index is 11.5. The summed E-state index contributed by atoms with van der Waals surface area (Å²) >= 11 is 0. The third-order valence-electron chi connectivity index (χ3n) is 2.16. The second-order valence-electron chi connectivity index (χ2n) is 3.57. The minimum atomic E-state index is 0.185. The van der Waals surface area contributed by atoms with E-state index >= 15 is 0 Å². The van der Waals surface area contributed by atoms with Crippen molar-refractivity contribution in [1.29, 1.82) is 0 Å². The van der Waals surface area contributed by atoms with Crippen LogP contribution in [0.15, 0.2) is 12.3 Å². The van der Waals surface area contributed by atoms with Crippen LogP contribution in [-0.4, -0.2) is 38.0 Å². The van der Waals surface area contributed by atoms with Crippen LogP contribution in [0.25, 0.3) is 0 Å². The molecule has 1 fully saturated rings. The molecule has 0 saturated carbocycles. The first kappa shape index (κ1) is 10.3. The smallest absolute Gasteiger partial charge is 0.160 e. The van der Waals surface area contributed by atoms with Gasteiger partial charge in [-0.25, -0.2) is 0 Å². The van der Waals surface area contributed by atoms with Crippen LogP contribution in [0.3, 0.4) is 0 Å². The van der Waals surface area contributed by atoms with Crippen LogP contribution in [-0.2, 0) is 9.53 Å². The number of hydrogen-bond donors (Lipinski definition) is 0. The highest BCUT2D eigenvalue weighted by atomic mass is 16.5. The summed E-state index contributed by atoms with van der Waals surface area (Å²) in [6.45, 7) is 1.46. The minimum Gasteiger partial charge on any atom is -0.383 e. The highest BCUT2D eigenvalue weighted by Gasteiger charge is 2.18. The van der Waals surface area contributed by atoms with Crippen LogP contribution in [0.2, 0.25) is 0 Å². The van der Waals surface area contributed by atoms with Gasteiger partial charge in [0.1, 0.15) is 0 Å². The Kier molecular flexibility index (Phi) is 3.96. The lowest BCUT2D eigenvalue weighted by atomic mass is 9.95. The van der Waals surface area contributed by atoms with Crippen molar-refractivity contribution in [3.63, 3.8) is 0 Å². The number of nitrogens with zero attached hydrogens (tertiary/aromatic N) is 1. The van der Waals surface area contributed by atoms with E-state index in [1.54, 1.807) is 12.3 Å². The van der Waals surface area contributed by atoms with Crippen molar-refractivity contribution in [2.24, 2.45) is 5.92 Å². The molecule has 3 nitrogen and oxygen atoms in total. The van der Waals surface area contributed by atoms with Gasteiger partial charge in [-0.1, -0.05) is 0 Å². The first-order chi connectivity index (χ1) is 6.20. The van der Waals surface area contributed by atoms with Crippen molar-refractivity contribution in [3.05, 3.63) is 12.3 Å². The largest absolute Gasteiger partial charge is 0.383 e. The molecule has 0 aromatic carbocycles. The van der Waals surface area contributed by atoms with E-state index in [9.17, 15) is 4.79 Å². The Hall–Kier alpha value is -0.830. The van der Waals surface area contributed by atoms with Gasteiger partial charge in [0, 0.05) is 39.4 Å². The predicted octanol–water partition coefficient (Wildman–Crippen LogP) is 1.06. The Morgan fingerprint density at radius 3 is 2.54 bits per heavy atom. The van der Waals surface area contributed by atoms with E-state index in [1.807, 2.05) is 19.0 Å². The van der Waals surface area contributed by atoms with E-state index in [-0.39, 0.29) is 11.7 Å². The van der Waals surface area contributed by atoms with Crippen LogP contribution in [0.4, 0.5) is 0 Å². The molecule has 0 unspecified atom stereocenters. The molecule has 0 radical (unpaired) electrons. The molecule has 0 spiro atoms. The molecule has 13 heavy (non-hydrogen) atoms. The lowest BCUT2D eigenvalue weighted by molar-refractivity contribution is -0.120. The summed E-state index contributed by atoms with van der Waals surface area (Å²) in [5.41, 5.74) is 0. The second-order valence-corrected chi connectivity index (χ2v) is 3.57. The van der Waals surface area contributed by atoms with Crippen molar-refractivity contribution in [2.45, 2.75) is 12.8 Å². The Bertz CT molecular complexity index is 193. The van der Waals surface area contributed by atoms with Crippen LogP contribution in [0.1, 0.15) is 12.8 Å². The average Bonchev–Trinajstić information content (AvgIpc) is 2.15. The number of ketones is 1. The fraction of sp³-hybridized carbons (Fsp3) is 0.700. The quantitative estimate of drug-likeness (QED) is 0.613. The maximum absolute atomic E-state index is 11.5. The zero-order valence-electron chi connectivity index (χ0n) is 8.32. The van der Waals surface area contributed by atoms with E-state index in [0.717, 1.165) is 26.1 Å². The first-order valence-corrected chi connectivity index (χ1v) is 4.66. The van der Waals surface area contributed by atoms with Gasteiger partial charge in [-0.05, 0) is 18.9 Å². The van der Waals surface area contributed by atoms with Crippen LogP contribution in [0.5, 0.6) is 0 Å². The number of rotatable bonds is 3. The number of carbonyl (C=O) groups is 1. The molecule has 3 heteroatoms. The Balaban J connectivity index is 2.37. The van der Waals surface area contributed by atoms with Crippen molar-refractivity contribution in [3.8, 4) is 0 Å². The Morgan fingerprint density at radius 2 is 2.00 bits per heavy atom. The van der Waals surface area contributed by atoms with E-state index < -0.39 is 0 Å². The molecule has 0 bridgehead atoms. The van der Waals surface area contributed by atoms with Crippen LogP contribution in [0, 0.1) is 5.92 Å².